The van der Waals surface area contributed by atoms with Crippen molar-refractivity contribution in [2.24, 2.45) is 0 Å². The number of nitrogens with one attached hydrogen (secondary N) is 1. The third-order valence-electron chi connectivity index (χ3n) is 5.74. The monoisotopic (exact) mass is 511 g/mol. The Kier molecular flexibility index (Phi) is 11.6. The molecule has 0 saturated carbocycles. The quantitative estimate of drug-likeness (QED) is 0.177. The van der Waals surface area contributed by atoms with Crippen molar-refractivity contribution in [3.8, 4) is 0 Å². The van der Waals surface area contributed by atoms with Gasteiger partial charge in [0.05, 0.1) is 0 Å². The molecule has 0 spiro atoms. The van der Waals surface area contributed by atoms with Crippen LogP contribution in [0, 0.1) is 5.82 Å². The first-order valence-corrected chi connectivity index (χ1v) is 13.5. The second-order valence-corrected chi connectivity index (χ2v) is 9.73. The van der Waals surface area contributed by atoms with Crippen LogP contribution in [0.5, 0.6) is 0 Å². The number of benzene rings is 1. The Morgan fingerprint density at radius 3 is 2.42 bits per heavy atom. The van der Waals surface area contributed by atoms with Gasteiger partial charge >= 0.3 is 0 Å². The molecule has 0 fully saturated rings. The number of hydrogen-bond donors (Lipinski definition) is 1. The summed E-state index contributed by atoms with van der Waals surface area (Å²) in [7, 11) is 0. The zero-order valence-electron chi connectivity index (χ0n) is 20.8. The molecule has 3 aromatic rings. The van der Waals surface area contributed by atoms with Crippen LogP contribution in [0.3, 0.4) is 0 Å². The predicted molar refractivity (Wildman–Crippen MR) is 140 cm³/mol. The zero-order chi connectivity index (χ0) is 25.6. The molecule has 192 valence electrons. The number of hydrogen-bond acceptors (Lipinski definition) is 6. The Morgan fingerprint density at radius 1 is 1.00 bits per heavy atom. The third-order valence-corrected chi connectivity index (χ3v) is 6.80. The molecule has 36 heavy (non-hydrogen) atoms. The van der Waals surface area contributed by atoms with Crippen LogP contribution < -0.4 is 10.9 Å². The molecule has 0 aliphatic carbocycles. The highest BCUT2D eigenvalue weighted by Gasteiger charge is 2.13. The normalized spacial score (nSPS) is 10.9. The number of unbranched alkanes of at least 4 members (excludes halogenated alkanes) is 6. The highest BCUT2D eigenvalue weighted by molar-refractivity contribution is 7.98. The first kappa shape index (κ1) is 27.5. The minimum Gasteiger partial charge on any atom is -0.355 e. The lowest BCUT2D eigenvalue weighted by Gasteiger charge is -2.14. The van der Waals surface area contributed by atoms with Crippen LogP contribution in [0.1, 0.15) is 68.6 Å². The van der Waals surface area contributed by atoms with Crippen LogP contribution in [-0.4, -0.2) is 32.0 Å². The van der Waals surface area contributed by atoms with Gasteiger partial charge < -0.3 is 9.88 Å². The van der Waals surface area contributed by atoms with Gasteiger partial charge in [-0.2, -0.15) is 4.98 Å². The molecule has 0 saturated heterocycles. The van der Waals surface area contributed by atoms with Crippen molar-refractivity contribution in [3.05, 3.63) is 82.0 Å². The van der Waals surface area contributed by atoms with Crippen LogP contribution in [-0.2, 0) is 23.5 Å². The minimum absolute atomic E-state index is 0.0633. The number of carbonyl (C=O) groups excluding carboxylic acids is 1. The Balaban J connectivity index is 1.64. The summed E-state index contributed by atoms with van der Waals surface area (Å²) in [6, 6.07) is 6.20. The summed E-state index contributed by atoms with van der Waals surface area (Å²) in [5.74, 6) is 0.0767. The average molecular weight is 512 g/mol. The smallest absolute Gasteiger partial charge is 0.277 e. The standard InChI is InChI=1S/C27H34FN5O2S/c1-2-3-4-5-6-7-8-13-31-25(34)18-33-17-23(14-22-15-29-20-30-16-22)26(35)32-27(33)36-19-21-9-11-24(28)12-10-21/h9-12,15-17,20H,2-8,13-14,18-19H2,1H3,(H,31,34). The maximum Gasteiger partial charge on any atom is 0.277 e. The zero-order valence-corrected chi connectivity index (χ0v) is 21.6. The fourth-order valence-corrected chi connectivity index (χ4v) is 4.68. The van der Waals surface area contributed by atoms with Gasteiger partial charge in [0.1, 0.15) is 18.7 Å². The van der Waals surface area contributed by atoms with E-state index in [0.717, 1.165) is 24.0 Å². The molecule has 0 radical (unpaired) electrons. The lowest BCUT2D eigenvalue weighted by atomic mass is 10.1. The van der Waals surface area contributed by atoms with E-state index in [2.05, 4.69) is 27.2 Å². The largest absolute Gasteiger partial charge is 0.355 e. The van der Waals surface area contributed by atoms with E-state index in [0.29, 0.717) is 29.4 Å². The maximum atomic E-state index is 13.2. The van der Waals surface area contributed by atoms with E-state index in [1.807, 2.05) is 0 Å². The summed E-state index contributed by atoms with van der Waals surface area (Å²) < 4.78 is 15.0. The summed E-state index contributed by atoms with van der Waals surface area (Å²) in [5, 5.41) is 3.44. The minimum atomic E-state index is -0.347. The molecule has 0 aliphatic heterocycles. The molecule has 3 rings (SSSR count). The molecule has 7 nitrogen and oxygen atoms in total. The van der Waals surface area contributed by atoms with Gasteiger partial charge in [-0.15, -0.1) is 0 Å². The van der Waals surface area contributed by atoms with E-state index < -0.39 is 0 Å². The number of nitrogens with zero attached hydrogens (tertiary/aromatic N) is 4. The van der Waals surface area contributed by atoms with Gasteiger partial charge in [0, 0.05) is 42.9 Å². The Hall–Kier alpha value is -3.07. The Bertz CT molecular complexity index is 1140. The molecule has 1 aromatic carbocycles. The van der Waals surface area contributed by atoms with E-state index in [4.69, 9.17) is 0 Å². The van der Waals surface area contributed by atoms with Crippen molar-refractivity contribution in [2.45, 2.75) is 75.7 Å². The van der Waals surface area contributed by atoms with Gasteiger partial charge in [0.25, 0.3) is 5.56 Å². The second-order valence-electron chi connectivity index (χ2n) is 8.79. The molecular weight excluding hydrogens is 477 g/mol. The Morgan fingerprint density at radius 2 is 1.69 bits per heavy atom. The van der Waals surface area contributed by atoms with Crippen molar-refractivity contribution in [1.82, 2.24) is 24.8 Å². The lowest BCUT2D eigenvalue weighted by Crippen LogP contribution is -2.30. The van der Waals surface area contributed by atoms with Gasteiger partial charge in [-0.05, 0) is 29.7 Å². The van der Waals surface area contributed by atoms with Crippen molar-refractivity contribution in [2.75, 3.05) is 6.54 Å². The second kappa shape index (κ2) is 15.1. The SMILES string of the molecule is CCCCCCCCCNC(=O)Cn1cc(Cc2cncnc2)c(=O)nc1SCc1ccc(F)cc1. The van der Waals surface area contributed by atoms with E-state index in [1.165, 1.54) is 62.3 Å². The number of rotatable bonds is 15. The van der Waals surface area contributed by atoms with Crippen LogP contribution >= 0.6 is 11.8 Å². The van der Waals surface area contributed by atoms with E-state index in [-0.39, 0.29) is 23.8 Å². The van der Waals surface area contributed by atoms with E-state index in [1.54, 1.807) is 35.3 Å². The highest BCUT2D eigenvalue weighted by Crippen LogP contribution is 2.21. The summed E-state index contributed by atoms with van der Waals surface area (Å²) in [6.07, 6.45) is 15.1. The molecule has 0 bridgehead atoms. The molecule has 0 unspecified atom stereocenters. The number of aromatic nitrogens is 4. The molecule has 1 N–H and O–H groups in total. The summed E-state index contributed by atoms with van der Waals surface area (Å²) in [6.45, 7) is 2.90. The fraction of sp³-hybridized carbons (Fsp3) is 0.444. The topological polar surface area (TPSA) is 89.8 Å². The average Bonchev–Trinajstić information content (AvgIpc) is 2.88. The van der Waals surface area contributed by atoms with E-state index >= 15 is 0 Å². The molecule has 9 heteroatoms. The molecule has 1 amide bonds. The van der Waals surface area contributed by atoms with Crippen LogP contribution in [0.4, 0.5) is 4.39 Å². The van der Waals surface area contributed by atoms with Gasteiger partial charge in [-0.1, -0.05) is 69.3 Å². The van der Waals surface area contributed by atoms with Crippen LogP contribution in [0.15, 0.2) is 59.1 Å². The molecule has 2 heterocycles. The van der Waals surface area contributed by atoms with Gasteiger partial charge in [0.15, 0.2) is 5.16 Å². The number of halogens is 1. The van der Waals surface area contributed by atoms with Crippen LogP contribution in [0.25, 0.3) is 0 Å². The molecule has 0 aliphatic rings. The van der Waals surface area contributed by atoms with Crippen molar-refractivity contribution >= 4 is 17.7 Å². The van der Waals surface area contributed by atoms with Gasteiger partial charge in [-0.25, -0.2) is 14.4 Å². The lowest BCUT2D eigenvalue weighted by molar-refractivity contribution is -0.121. The van der Waals surface area contributed by atoms with Crippen LogP contribution in [0.2, 0.25) is 0 Å². The summed E-state index contributed by atoms with van der Waals surface area (Å²) >= 11 is 1.34. The van der Waals surface area contributed by atoms with E-state index in [9.17, 15) is 14.0 Å². The molecular formula is C27H34FN5O2S. The van der Waals surface area contributed by atoms with Crippen molar-refractivity contribution in [3.63, 3.8) is 0 Å². The van der Waals surface area contributed by atoms with Crippen molar-refractivity contribution < 1.29 is 9.18 Å². The Labute approximate surface area is 216 Å². The summed E-state index contributed by atoms with van der Waals surface area (Å²) in [5.41, 5.74) is 1.81. The van der Waals surface area contributed by atoms with Gasteiger partial charge in [0.2, 0.25) is 5.91 Å². The first-order chi connectivity index (χ1) is 17.5. The number of carbonyl (C=O) groups is 1. The first-order valence-electron chi connectivity index (χ1n) is 12.5. The molecule has 0 atom stereocenters. The van der Waals surface area contributed by atoms with Gasteiger partial charge in [-0.3, -0.25) is 9.59 Å². The van der Waals surface area contributed by atoms with Crippen molar-refractivity contribution in [1.29, 1.82) is 0 Å². The molecule has 2 aromatic heterocycles. The maximum absolute atomic E-state index is 13.2. The number of thioether (sulfide) groups is 1. The predicted octanol–water partition coefficient (Wildman–Crippen LogP) is 4.92. The summed E-state index contributed by atoms with van der Waals surface area (Å²) in [4.78, 5) is 37.7. The number of amides is 1. The fourth-order valence-electron chi connectivity index (χ4n) is 3.76. The highest BCUT2D eigenvalue weighted by atomic mass is 32.2. The third kappa shape index (κ3) is 9.53.